The summed E-state index contributed by atoms with van der Waals surface area (Å²) < 4.78 is 44.0. The van der Waals surface area contributed by atoms with Gasteiger partial charge in [0.25, 0.3) is 5.88 Å². The predicted molar refractivity (Wildman–Crippen MR) is 42.2 cm³/mol. The van der Waals surface area contributed by atoms with E-state index >= 15 is 0 Å². The van der Waals surface area contributed by atoms with Gasteiger partial charge in [0.15, 0.2) is 5.75 Å². The van der Waals surface area contributed by atoms with Gasteiger partial charge in [-0.15, -0.1) is 13.2 Å². The zero-order valence-corrected chi connectivity index (χ0v) is 7.55. The van der Waals surface area contributed by atoms with Crippen molar-refractivity contribution in [3.8, 4) is 11.6 Å². The minimum atomic E-state index is -4.76. The maximum atomic E-state index is 11.9. The Bertz CT molecular complexity index is 325. The van der Waals surface area contributed by atoms with Gasteiger partial charge >= 0.3 is 6.36 Å². The van der Waals surface area contributed by atoms with E-state index < -0.39 is 12.2 Å². The molecule has 0 aliphatic carbocycles. The van der Waals surface area contributed by atoms with Gasteiger partial charge in [0.2, 0.25) is 0 Å². The third kappa shape index (κ3) is 2.51. The van der Waals surface area contributed by atoms with Crippen LogP contribution in [0.4, 0.5) is 13.2 Å². The Balaban J connectivity index is 3.02. The Kier molecular flexibility index (Phi) is 2.83. The molecule has 0 aromatic carbocycles. The Hall–Kier alpha value is -1.46. The van der Waals surface area contributed by atoms with Crippen LogP contribution in [0.2, 0.25) is 0 Å². The summed E-state index contributed by atoms with van der Waals surface area (Å²) in [6.07, 6.45) is -3.53. The van der Waals surface area contributed by atoms with Crippen molar-refractivity contribution in [3.63, 3.8) is 0 Å². The Morgan fingerprint density at radius 2 is 2.00 bits per heavy atom. The molecule has 0 fully saturated rings. The monoisotopic (exact) mass is 207 g/mol. The van der Waals surface area contributed by atoms with Crippen LogP contribution in [0.15, 0.2) is 12.3 Å². The van der Waals surface area contributed by atoms with E-state index in [-0.39, 0.29) is 5.75 Å². The molecule has 14 heavy (non-hydrogen) atoms. The summed E-state index contributed by atoms with van der Waals surface area (Å²) in [6.45, 7) is 1.60. The minimum Gasteiger partial charge on any atom is -0.491 e. The highest BCUT2D eigenvalue weighted by atomic mass is 19.4. The van der Waals surface area contributed by atoms with E-state index in [0.717, 1.165) is 0 Å². The molecule has 0 saturated heterocycles. The normalized spacial score (nSPS) is 11.2. The molecule has 1 aromatic rings. The predicted octanol–water partition coefficient (Wildman–Crippen LogP) is 2.30. The summed E-state index contributed by atoms with van der Waals surface area (Å²) in [5, 5.41) is 0. The van der Waals surface area contributed by atoms with Gasteiger partial charge < -0.3 is 9.47 Å². The summed E-state index contributed by atoms with van der Waals surface area (Å²) >= 11 is 0. The highest BCUT2D eigenvalue weighted by Gasteiger charge is 2.33. The van der Waals surface area contributed by atoms with Gasteiger partial charge in [-0.3, -0.25) is 0 Å². The van der Waals surface area contributed by atoms with Crippen molar-refractivity contribution in [1.29, 1.82) is 0 Å². The SMILES string of the molecule is COc1c(C)ccnc1OC(F)(F)F. The molecule has 0 aliphatic rings. The van der Waals surface area contributed by atoms with Crippen molar-refractivity contribution in [2.45, 2.75) is 13.3 Å². The van der Waals surface area contributed by atoms with Gasteiger partial charge in [-0.1, -0.05) is 0 Å². The van der Waals surface area contributed by atoms with E-state index in [9.17, 15) is 13.2 Å². The number of aryl methyl sites for hydroxylation is 1. The van der Waals surface area contributed by atoms with Gasteiger partial charge in [-0.25, -0.2) is 4.98 Å². The standard InChI is InChI=1S/C8H8F3NO2/c1-5-3-4-12-7(6(5)13-2)14-8(9,10)11/h3-4H,1-2H3. The molecule has 1 heterocycles. The van der Waals surface area contributed by atoms with E-state index in [4.69, 9.17) is 4.74 Å². The summed E-state index contributed by atoms with van der Waals surface area (Å²) in [6, 6.07) is 1.53. The van der Waals surface area contributed by atoms with E-state index in [1.165, 1.54) is 19.4 Å². The second kappa shape index (κ2) is 3.73. The molecule has 0 atom stereocenters. The van der Waals surface area contributed by atoms with Crippen LogP contribution >= 0.6 is 0 Å². The number of hydrogen-bond acceptors (Lipinski definition) is 3. The van der Waals surface area contributed by atoms with Crippen LogP contribution in [-0.4, -0.2) is 18.5 Å². The van der Waals surface area contributed by atoms with Crippen molar-refractivity contribution in [2.75, 3.05) is 7.11 Å². The van der Waals surface area contributed by atoms with E-state index in [2.05, 4.69) is 9.72 Å². The number of hydrogen-bond donors (Lipinski definition) is 0. The molecule has 1 rings (SSSR count). The average molecular weight is 207 g/mol. The fourth-order valence-electron chi connectivity index (χ4n) is 0.950. The van der Waals surface area contributed by atoms with Gasteiger partial charge in [0.1, 0.15) is 0 Å². The Morgan fingerprint density at radius 3 is 2.50 bits per heavy atom. The molecule has 0 amide bonds. The van der Waals surface area contributed by atoms with Gasteiger partial charge in [-0.05, 0) is 18.6 Å². The molecule has 3 nitrogen and oxygen atoms in total. The first kappa shape index (κ1) is 10.6. The van der Waals surface area contributed by atoms with Crippen molar-refractivity contribution < 1.29 is 22.6 Å². The molecule has 78 valence electrons. The highest BCUT2D eigenvalue weighted by Crippen LogP contribution is 2.31. The number of alkyl halides is 3. The quantitative estimate of drug-likeness (QED) is 0.745. The topological polar surface area (TPSA) is 31.4 Å². The van der Waals surface area contributed by atoms with E-state index in [1.54, 1.807) is 6.92 Å². The van der Waals surface area contributed by atoms with Crippen LogP contribution in [-0.2, 0) is 0 Å². The maximum absolute atomic E-state index is 11.9. The lowest BCUT2D eigenvalue weighted by Crippen LogP contribution is -2.18. The first-order valence-electron chi connectivity index (χ1n) is 3.69. The number of methoxy groups -OCH3 is 1. The van der Waals surface area contributed by atoms with Crippen molar-refractivity contribution in [2.24, 2.45) is 0 Å². The third-order valence-corrected chi connectivity index (χ3v) is 1.49. The number of ether oxygens (including phenoxy) is 2. The average Bonchev–Trinajstić information content (AvgIpc) is 2.01. The van der Waals surface area contributed by atoms with Crippen LogP contribution in [0.3, 0.4) is 0 Å². The third-order valence-electron chi connectivity index (χ3n) is 1.49. The Morgan fingerprint density at radius 1 is 1.36 bits per heavy atom. The van der Waals surface area contributed by atoms with Crippen molar-refractivity contribution >= 4 is 0 Å². The molecule has 1 aromatic heterocycles. The maximum Gasteiger partial charge on any atom is 0.574 e. The molecule has 0 N–H and O–H groups in total. The lowest BCUT2D eigenvalue weighted by molar-refractivity contribution is -0.276. The van der Waals surface area contributed by atoms with Crippen LogP contribution in [0, 0.1) is 6.92 Å². The summed E-state index contributed by atoms with van der Waals surface area (Å²) in [4.78, 5) is 3.43. The van der Waals surface area contributed by atoms with Gasteiger partial charge in [0.05, 0.1) is 7.11 Å². The zero-order valence-electron chi connectivity index (χ0n) is 7.55. The van der Waals surface area contributed by atoms with Crippen LogP contribution in [0.5, 0.6) is 11.6 Å². The number of nitrogens with zero attached hydrogens (tertiary/aromatic N) is 1. The van der Waals surface area contributed by atoms with Crippen molar-refractivity contribution in [3.05, 3.63) is 17.8 Å². The molecule has 0 bridgehead atoms. The lowest BCUT2D eigenvalue weighted by Gasteiger charge is -2.12. The molecule has 0 spiro atoms. The molecule has 0 aliphatic heterocycles. The molecular weight excluding hydrogens is 199 g/mol. The first-order chi connectivity index (χ1) is 6.44. The number of aromatic nitrogens is 1. The highest BCUT2D eigenvalue weighted by molar-refractivity contribution is 5.40. The molecule has 6 heteroatoms. The van der Waals surface area contributed by atoms with Gasteiger partial charge in [0, 0.05) is 6.20 Å². The summed E-state index contributed by atoms with van der Waals surface area (Å²) in [5.41, 5.74) is 0.529. The van der Waals surface area contributed by atoms with Crippen LogP contribution in [0.25, 0.3) is 0 Å². The summed E-state index contributed by atoms with van der Waals surface area (Å²) in [7, 11) is 1.26. The largest absolute Gasteiger partial charge is 0.574 e. The molecular formula is C8H8F3NO2. The number of pyridine rings is 1. The van der Waals surface area contributed by atoms with E-state index in [0.29, 0.717) is 5.56 Å². The zero-order chi connectivity index (χ0) is 10.8. The van der Waals surface area contributed by atoms with Crippen LogP contribution in [0.1, 0.15) is 5.56 Å². The number of halogens is 3. The summed E-state index contributed by atoms with van der Waals surface area (Å²) in [5.74, 6) is -0.579. The fourth-order valence-corrected chi connectivity index (χ4v) is 0.950. The van der Waals surface area contributed by atoms with E-state index in [1.807, 2.05) is 0 Å². The minimum absolute atomic E-state index is 0.00942. The fraction of sp³-hybridized carbons (Fsp3) is 0.375. The molecule has 0 radical (unpaired) electrons. The Labute approximate surface area is 78.5 Å². The van der Waals surface area contributed by atoms with Crippen molar-refractivity contribution in [1.82, 2.24) is 4.98 Å². The number of rotatable bonds is 2. The first-order valence-corrected chi connectivity index (χ1v) is 3.69. The second-order valence-electron chi connectivity index (χ2n) is 2.51. The molecule has 0 saturated carbocycles. The second-order valence-corrected chi connectivity index (χ2v) is 2.51. The van der Waals surface area contributed by atoms with Crippen LogP contribution < -0.4 is 9.47 Å². The lowest BCUT2D eigenvalue weighted by atomic mass is 10.3. The van der Waals surface area contributed by atoms with Gasteiger partial charge in [-0.2, -0.15) is 0 Å². The molecule has 0 unspecified atom stereocenters. The smallest absolute Gasteiger partial charge is 0.491 e.